The van der Waals surface area contributed by atoms with Crippen LogP contribution in [-0.4, -0.2) is 30.1 Å². The number of rotatable bonds is 6. The van der Waals surface area contributed by atoms with Gasteiger partial charge in [-0.15, -0.1) is 0 Å². The van der Waals surface area contributed by atoms with E-state index >= 15 is 0 Å². The zero-order valence-corrected chi connectivity index (χ0v) is 12.6. The molecule has 0 aromatic heterocycles. The Labute approximate surface area is 118 Å². The molecular weight excluding hydrogens is 232 g/mol. The minimum Gasteiger partial charge on any atom is -0.313 e. The average molecular weight is 260 g/mol. The van der Waals surface area contributed by atoms with Crippen molar-refractivity contribution in [2.24, 2.45) is 0 Å². The summed E-state index contributed by atoms with van der Waals surface area (Å²) >= 11 is 0. The smallest absolute Gasteiger partial charge is 0.0348 e. The lowest BCUT2D eigenvalue weighted by Gasteiger charge is -2.36. The van der Waals surface area contributed by atoms with E-state index in [2.05, 4.69) is 61.3 Å². The van der Waals surface area contributed by atoms with E-state index in [0.717, 1.165) is 0 Å². The molecule has 0 radical (unpaired) electrons. The Morgan fingerprint density at radius 3 is 2.53 bits per heavy atom. The molecule has 2 atom stereocenters. The molecule has 0 spiro atoms. The van der Waals surface area contributed by atoms with Crippen LogP contribution in [0.25, 0.3) is 0 Å². The summed E-state index contributed by atoms with van der Waals surface area (Å²) in [7, 11) is 0. The van der Waals surface area contributed by atoms with Crippen molar-refractivity contribution in [2.45, 2.75) is 58.2 Å². The van der Waals surface area contributed by atoms with Crippen LogP contribution >= 0.6 is 0 Å². The highest BCUT2D eigenvalue weighted by atomic mass is 15.2. The molecule has 1 saturated heterocycles. The van der Waals surface area contributed by atoms with Crippen molar-refractivity contribution in [2.75, 3.05) is 13.1 Å². The fourth-order valence-electron chi connectivity index (χ4n) is 3.20. The highest BCUT2D eigenvalue weighted by molar-refractivity contribution is 5.19. The van der Waals surface area contributed by atoms with Crippen molar-refractivity contribution in [1.29, 1.82) is 0 Å². The van der Waals surface area contributed by atoms with Crippen LogP contribution in [-0.2, 0) is 0 Å². The fourth-order valence-corrected chi connectivity index (χ4v) is 3.20. The second kappa shape index (κ2) is 7.06. The summed E-state index contributed by atoms with van der Waals surface area (Å²) in [6, 6.07) is 12.8. The topological polar surface area (TPSA) is 15.3 Å². The molecule has 2 heteroatoms. The molecule has 2 unspecified atom stereocenters. The summed E-state index contributed by atoms with van der Waals surface area (Å²) in [6.07, 6.45) is 3.84. The van der Waals surface area contributed by atoms with Gasteiger partial charge in [-0.05, 0) is 45.2 Å². The zero-order chi connectivity index (χ0) is 13.7. The first-order valence-electron chi connectivity index (χ1n) is 7.76. The van der Waals surface area contributed by atoms with Gasteiger partial charge in [0.25, 0.3) is 0 Å². The van der Waals surface area contributed by atoms with Crippen LogP contribution < -0.4 is 5.32 Å². The van der Waals surface area contributed by atoms with Crippen molar-refractivity contribution in [3.05, 3.63) is 35.9 Å². The van der Waals surface area contributed by atoms with Crippen LogP contribution in [0.1, 0.15) is 51.6 Å². The summed E-state index contributed by atoms with van der Waals surface area (Å²) in [5.74, 6) is 0. The number of hydrogen-bond donors (Lipinski definition) is 1. The molecule has 2 nitrogen and oxygen atoms in total. The normalized spacial score (nSPS) is 21.2. The number of nitrogens with zero attached hydrogens (tertiary/aromatic N) is 1. The largest absolute Gasteiger partial charge is 0.313 e. The van der Waals surface area contributed by atoms with Crippen LogP contribution in [0.5, 0.6) is 0 Å². The third kappa shape index (κ3) is 3.80. The van der Waals surface area contributed by atoms with E-state index in [-0.39, 0.29) is 0 Å². The van der Waals surface area contributed by atoms with Gasteiger partial charge in [0.2, 0.25) is 0 Å². The first kappa shape index (κ1) is 14.5. The highest BCUT2D eigenvalue weighted by Gasteiger charge is 2.25. The third-order valence-electron chi connectivity index (χ3n) is 4.23. The summed E-state index contributed by atoms with van der Waals surface area (Å²) in [4.78, 5) is 2.66. The van der Waals surface area contributed by atoms with E-state index in [0.29, 0.717) is 18.1 Å². The van der Waals surface area contributed by atoms with Crippen molar-refractivity contribution >= 4 is 0 Å². The highest BCUT2D eigenvalue weighted by Crippen LogP contribution is 2.27. The molecule has 19 heavy (non-hydrogen) atoms. The first-order valence-corrected chi connectivity index (χ1v) is 7.76. The van der Waals surface area contributed by atoms with Gasteiger partial charge in [0, 0.05) is 24.7 Å². The Morgan fingerprint density at radius 2 is 2.00 bits per heavy atom. The van der Waals surface area contributed by atoms with Crippen molar-refractivity contribution in [3.63, 3.8) is 0 Å². The van der Waals surface area contributed by atoms with E-state index in [4.69, 9.17) is 0 Å². The molecule has 2 rings (SSSR count). The standard InChI is InChI=1S/C17H28N2/c1-4-17(15-9-6-5-7-10-15)19(14(2)3)13-16-11-8-12-18-16/h5-7,9-10,14,16-18H,4,8,11-13H2,1-3H3. The lowest BCUT2D eigenvalue weighted by Crippen LogP contribution is -2.43. The summed E-state index contributed by atoms with van der Waals surface area (Å²) in [5, 5.41) is 3.63. The molecule has 106 valence electrons. The maximum absolute atomic E-state index is 3.63. The van der Waals surface area contributed by atoms with Gasteiger partial charge in [-0.2, -0.15) is 0 Å². The summed E-state index contributed by atoms with van der Waals surface area (Å²) < 4.78 is 0. The summed E-state index contributed by atoms with van der Waals surface area (Å²) in [6.45, 7) is 9.31. The van der Waals surface area contributed by atoms with E-state index in [9.17, 15) is 0 Å². The van der Waals surface area contributed by atoms with Crippen LogP contribution in [0.2, 0.25) is 0 Å². The van der Waals surface area contributed by atoms with Crippen molar-refractivity contribution in [3.8, 4) is 0 Å². The lowest BCUT2D eigenvalue weighted by molar-refractivity contribution is 0.135. The van der Waals surface area contributed by atoms with E-state index in [1.54, 1.807) is 0 Å². The molecule has 1 aliphatic heterocycles. The van der Waals surface area contributed by atoms with Crippen LogP contribution in [0.15, 0.2) is 30.3 Å². The molecule has 1 aromatic carbocycles. The van der Waals surface area contributed by atoms with E-state index in [1.807, 2.05) is 0 Å². The van der Waals surface area contributed by atoms with Gasteiger partial charge in [0.1, 0.15) is 0 Å². The first-order chi connectivity index (χ1) is 9.22. The monoisotopic (exact) mass is 260 g/mol. The molecule has 1 fully saturated rings. The van der Waals surface area contributed by atoms with Gasteiger partial charge < -0.3 is 5.32 Å². The zero-order valence-electron chi connectivity index (χ0n) is 12.6. The number of benzene rings is 1. The Kier molecular flexibility index (Phi) is 5.41. The quantitative estimate of drug-likeness (QED) is 0.840. The van der Waals surface area contributed by atoms with Crippen LogP contribution in [0, 0.1) is 0 Å². The maximum atomic E-state index is 3.63. The Bertz CT molecular complexity index is 355. The van der Waals surface area contributed by atoms with Crippen molar-refractivity contribution in [1.82, 2.24) is 10.2 Å². The van der Waals surface area contributed by atoms with E-state index < -0.39 is 0 Å². The molecule has 0 aliphatic carbocycles. The van der Waals surface area contributed by atoms with Gasteiger partial charge in [-0.1, -0.05) is 37.3 Å². The average Bonchev–Trinajstić information content (AvgIpc) is 2.92. The second-order valence-corrected chi connectivity index (χ2v) is 5.92. The van der Waals surface area contributed by atoms with Gasteiger partial charge in [-0.25, -0.2) is 0 Å². The van der Waals surface area contributed by atoms with Crippen LogP contribution in [0.4, 0.5) is 0 Å². The Morgan fingerprint density at radius 1 is 1.26 bits per heavy atom. The maximum Gasteiger partial charge on any atom is 0.0348 e. The molecule has 1 heterocycles. The van der Waals surface area contributed by atoms with Crippen LogP contribution in [0.3, 0.4) is 0 Å². The molecule has 0 saturated carbocycles. The SMILES string of the molecule is CCC(c1ccccc1)N(CC1CCCN1)C(C)C. The van der Waals surface area contributed by atoms with E-state index in [1.165, 1.54) is 37.9 Å². The second-order valence-electron chi connectivity index (χ2n) is 5.92. The predicted octanol–water partition coefficient (Wildman–Crippen LogP) is 3.60. The molecule has 1 N–H and O–H groups in total. The van der Waals surface area contributed by atoms with Gasteiger partial charge >= 0.3 is 0 Å². The molecule has 0 bridgehead atoms. The molecule has 0 amide bonds. The predicted molar refractivity (Wildman–Crippen MR) is 82.3 cm³/mol. The fraction of sp³-hybridized carbons (Fsp3) is 0.647. The van der Waals surface area contributed by atoms with Crippen molar-refractivity contribution < 1.29 is 0 Å². The minimum atomic E-state index is 0.545. The minimum absolute atomic E-state index is 0.545. The number of hydrogen-bond acceptors (Lipinski definition) is 2. The third-order valence-corrected chi connectivity index (χ3v) is 4.23. The lowest BCUT2D eigenvalue weighted by atomic mass is 10.00. The summed E-state index contributed by atoms with van der Waals surface area (Å²) in [5.41, 5.74) is 1.46. The Balaban J connectivity index is 2.11. The molecular formula is C17H28N2. The number of nitrogens with one attached hydrogen (secondary N) is 1. The van der Waals surface area contributed by atoms with Gasteiger partial charge in [0.15, 0.2) is 0 Å². The van der Waals surface area contributed by atoms with Gasteiger partial charge in [0.05, 0.1) is 0 Å². The molecule has 1 aromatic rings. The molecule has 1 aliphatic rings. The van der Waals surface area contributed by atoms with Gasteiger partial charge in [-0.3, -0.25) is 4.90 Å². The Hall–Kier alpha value is -0.860.